The Morgan fingerprint density at radius 1 is 1.25 bits per heavy atom. The number of nitrogens with two attached hydrogens (primary N) is 1. The summed E-state index contributed by atoms with van der Waals surface area (Å²) in [6.07, 6.45) is 0. The molecule has 0 spiro atoms. The highest BCUT2D eigenvalue weighted by molar-refractivity contribution is 5.97. The summed E-state index contributed by atoms with van der Waals surface area (Å²) >= 11 is 0. The Kier molecular flexibility index (Phi) is 3.65. The largest absolute Gasteiger partial charge is 0.457 e. The van der Waals surface area contributed by atoms with Crippen LogP contribution in [0.1, 0.15) is 11.1 Å². The molecule has 0 atom stereocenters. The van der Waals surface area contributed by atoms with Gasteiger partial charge in [-0.1, -0.05) is 11.6 Å². The van der Waals surface area contributed by atoms with Crippen LogP contribution < -0.4 is 10.5 Å². The molecule has 2 aromatic rings. The van der Waals surface area contributed by atoms with Gasteiger partial charge in [-0.05, 0) is 31.2 Å². The highest BCUT2D eigenvalue weighted by Gasteiger charge is 2.09. The number of nitrogens with one attached hydrogen (secondary N) is 1. The van der Waals surface area contributed by atoms with Crippen molar-refractivity contribution in [1.29, 1.82) is 5.41 Å². The number of aryl methyl sites for hydroxylation is 1. The van der Waals surface area contributed by atoms with E-state index in [9.17, 15) is 10.1 Å². The molecule has 0 aliphatic rings. The van der Waals surface area contributed by atoms with Crippen LogP contribution in [-0.4, -0.2) is 10.8 Å². The second-order valence-corrected chi connectivity index (χ2v) is 4.27. The second kappa shape index (κ2) is 5.40. The minimum absolute atomic E-state index is 0.00644. The number of ether oxygens (including phenoxy) is 1. The number of nitro groups is 1. The van der Waals surface area contributed by atoms with Crippen molar-refractivity contribution in [1.82, 2.24) is 0 Å². The fourth-order valence-corrected chi connectivity index (χ4v) is 1.71. The topological polar surface area (TPSA) is 102 Å². The Balaban J connectivity index is 2.30. The molecule has 0 aliphatic heterocycles. The van der Waals surface area contributed by atoms with E-state index in [2.05, 4.69) is 0 Å². The predicted octanol–water partition coefficient (Wildman–Crippen LogP) is 2.98. The van der Waals surface area contributed by atoms with Crippen LogP contribution in [-0.2, 0) is 0 Å². The molecule has 0 saturated heterocycles. The average molecular weight is 271 g/mol. The molecule has 0 heterocycles. The highest BCUT2D eigenvalue weighted by atomic mass is 16.6. The fraction of sp³-hybridized carbons (Fsp3) is 0.0714. The number of amidine groups is 1. The minimum atomic E-state index is -0.476. The molecule has 0 aliphatic carbocycles. The molecule has 2 rings (SSSR count). The van der Waals surface area contributed by atoms with Crippen molar-refractivity contribution in [3.8, 4) is 11.5 Å². The van der Waals surface area contributed by atoms with Crippen LogP contribution in [0.5, 0.6) is 11.5 Å². The molecule has 0 amide bonds. The first kappa shape index (κ1) is 13.5. The van der Waals surface area contributed by atoms with Crippen molar-refractivity contribution >= 4 is 11.5 Å². The molecular weight excluding hydrogens is 258 g/mol. The Morgan fingerprint density at radius 3 is 2.45 bits per heavy atom. The Morgan fingerprint density at radius 2 is 1.90 bits per heavy atom. The Labute approximate surface area is 115 Å². The van der Waals surface area contributed by atoms with E-state index in [1.807, 2.05) is 13.0 Å². The lowest BCUT2D eigenvalue weighted by Gasteiger charge is -2.10. The number of rotatable bonds is 4. The lowest BCUT2D eigenvalue weighted by atomic mass is 10.1. The predicted molar refractivity (Wildman–Crippen MR) is 75.4 cm³/mol. The summed E-state index contributed by atoms with van der Waals surface area (Å²) in [5, 5.41) is 18.1. The number of benzene rings is 2. The smallest absolute Gasteiger partial charge is 0.269 e. The molecule has 6 heteroatoms. The van der Waals surface area contributed by atoms with Crippen molar-refractivity contribution in [3.63, 3.8) is 0 Å². The van der Waals surface area contributed by atoms with E-state index in [-0.39, 0.29) is 11.5 Å². The molecule has 0 fully saturated rings. The van der Waals surface area contributed by atoms with Crippen LogP contribution in [0.4, 0.5) is 5.69 Å². The van der Waals surface area contributed by atoms with Gasteiger partial charge < -0.3 is 10.5 Å². The minimum Gasteiger partial charge on any atom is -0.457 e. The first-order valence-corrected chi connectivity index (χ1v) is 5.85. The maximum absolute atomic E-state index is 10.6. The van der Waals surface area contributed by atoms with Gasteiger partial charge in [0.15, 0.2) is 0 Å². The van der Waals surface area contributed by atoms with Crippen molar-refractivity contribution < 1.29 is 9.66 Å². The van der Waals surface area contributed by atoms with Gasteiger partial charge in [0.1, 0.15) is 17.3 Å². The van der Waals surface area contributed by atoms with E-state index in [0.29, 0.717) is 17.1 Å². The number of non-ortho nitro benzene ring substituents is 1. The summed E-state index contributed by atoms with van der Waals surface area (Å²) < 4.78 is 5.62. The fourth-order valence-electron chi connectivity index (χ4n) is 1.71. The molecule has 0 radical (unpaired) electrons. The third kappa shape index (κ3) is 2.92. The molecule has 0 unspecified atom stereocenters. The zero-order valence-corrected chi connectivity index (χ0v) is 10.8. The van der Waals surface area contributed by atoms with Gasteiger partial charge in [0, 0.05) is 12.1 Å². The quantitative estimate of drug-likeness (QED) is 0.386. The maximum Gasteiger partial charge on any atom is 0.269 e. The molecule has 102 valence electrons. The summed E-state index contributed by atoms with van der Waals surface area (Å²) in [5.74, 6) is 0.796. The number of nitro benzene ring substituents is 1. The van der Waals surface area contributed by atoms with Gasteiger partial charge in [-0.25, -0.2) is 0 Å². The van der Waals surface area contributed by atoms with Crippen molar-refractivity contribution in [3.05, 3.63) is 63.7 Å². The maximum atomic E-state index is 10.6. The van der Waals surface area contributed by atoms with Crippen LogP contribution in [0.2, 0.25) is 0 Å². The van der Waals surface area contributed by atoms with E-state index in [4.69, 9.17) is 15.9 Å². The Bertz CT molecular complexity index is 666. The number of nitrogen functional groups attached to an aromatic ring is 1. The van der Waals surface area contributed by atoms with E-state index in [1.54, 1.807) is 12.1 Å². The second-order valence-electron chi connectivity index (χ2n) is 4.27. The monoisotopic (exact) mass is 271 g/mol. The summed E-state index contributed by atoms with van der Waals surface area (Å²) in [4.78, 5) is 10.1. The first-order chi connectivity index (χ1) is 9.47. The van der Waals surface area contributed by atoms with Gasteiger partial charge in [-0.2, -0.15) is 0 Å². The molecule has 0 aromatic heterocycles. The van der Waals surface area contributed by atoms with Gasteiger partial charge in [0.05, 0.1) is 10.5 Å². The lowest BCUT2D eigenvalue weighted by Crippen LogP contribution is -2.12. The van der Waals surface area contributed by atoms with E-state index in [0.717, 1.165) is 5.56 Å². The molecule has 6 nitrogen and oxygen atoms in total. The first-order valence-electron chi connectivity index (χ1n) is 5.85. The third-order valence-corrected chi connectivity index (χ3v) is 2.70. The molecule has 3 N–H and O–H groups in total. The molecule has 0 bridgehead atoms. The van der Waals surface area contributed by atoms with Crippen molar-refractivity contribution in [2.24, 2.45) is 5.73 Å². The molecule has 2 aromatic carbocycles. The van der Waals surface area contributed by atoms with Gasteiger partial charge in [0.2, 0.25) is 0 Å². The summed E-state index contributed by atoms with van der Waals surface area (Å²) in [7, 11) is 0. The van der Waals surface area contributed by atoms with Gasteiger partial charge >= 0.3 is 0 Å². The van der Waals surface area contributed by atoms with Crippen LogP contribution in [0.15, 0.2) is 42.5 Å². The normalized spacial score (nSPS) is 10.1. The third-order valence-electron chi connectivity index (χ3n) is 2.70. The van der Waals surface area contributed by atoms with E-state index in [1.165, 1.54) is 24.3 Å². The average Bonchev–Trinajstić information content (AvgIpc) is 2.41. The van der Waals surface area contributed by atoms with E-state index < -0.39 is 4.92 Å². The zero-order chi connectivity index (χ0) is 14.7. The lowest BCUT2D eigenvalue weighted by molar-refractivity contribution is -0.384. The number of hydrogen-bond donors (Lipinski definition) is 2. The van der Waals surface area contributed by atoms with Gasteiger partial charge in [-0.15, -0.1) is 0 Å². The van der Waals surface area contributed by atoms with Crippen LogP contribution in [0.3, 0.4) is 0 Å². The van der Waals surface area contributed by atoms with E-state index >= 15 is 0 Å². The zero-order valence-electron chi connectivity index (χ0n) is 10.8. The molecule has 20 heavy (non-hydrogen) atoms. The number of hydrogen-bond acceptors (Lipinski definition) is 4. The summed E-state index contributed by atoms with van der Waals surface area (Å²) in [6.45, 7) is 1.89. The van der Waals surface area contributed by atoms with Crippen LogP contribution in [0, 0.1) is 22.4 Å². The molecular formula is C14H13N3O3. The standard InChI is InChI=1S/C14H13N3O3/c1-9-2-7-13(12(8-9)14(15)16)20-11-5-3-10(4-6-11)17(18)19/h2-8H,1H3,(H3,15,16). The van der Waals surface area contributed by atoms with Crippen molar-refractivity contribution in [2.45, 2.75) is 6.92 Å². The molecule has 0 saturated carbocycles. The number of nitrogens with zero attached hydrogens (tertiary/aromatic N) is 1. The van der Waals surface area contributed by atoms with Gasteiger partial charge in [0.25, 0.3) is 5.69 Å². The van der Waals surface area contributed by atoms with Gasteiger partial charge in [-0.3, -0.25) is 15.5 Å². The summed E-state index contributed by atoms with van der Waals surface area (Å²) in [6, 6.07) is 11.0. The Hall–Kier alpha value is -2.89. The SMILES string of the molecule is Cc1ccc(Oc2ccc([N+](=O)[O-])cc2)c(C(=N)N)c1. The highest BCUT2D eigenvalue weighted by Crippen LogP contribution is 2.27. The van der Waals surface area contributed by atoms with Crippen LogP contribution in [0.25, 0.3) is 0 Å². The van der Waals surface area contributed by atoms with Crippen LogP contribution >= 0.6 is 0 Å². The summed E-state index contributed by atoms with van der Waals surface area (Å²) in [5.41, 5.74) is 6.96. The van der Waals surface area contributed by atoms with Crippen molar-refractivity contribution in [2.75, 3.05) is 0 Å².